The number of hydrogen-bond donors (Lipinski definition) is 1. The van der Waals surface area contributed by atoms with E-state index in [0.717, 1.165) is 25.0 Å². The van der Waals surface area contributed by atoms with Crippen LogP contribution in [-0.2, 0) is 0 Å². The van der Waals surface area contributed by atoms with E-state index >= 15 is 0 Å². The molecule has 16 heavy (non-hydrogen) atoms. The van der Waals surface area contributed by atoms with Crippen LogP contribution in [0.1, 0.15) is 13.8 Å². The second kappa shape index (κ2) is 4.86. The quantitative estimate of drug-likeness (QED) is 0.714. The standard InChI is InChI=1S/C13H25N3/c1-10(12-5-14-6-12)7-16-8-11(2)13(9-16)15(3)4/h11,13-14H,5-9H2,1-4H3. The molecule has 2 heterocycles. The molecule has 0 aliphatic carbocycles. The Morgan fingerprint density at radius 2 is 2.06 bits per heavy atom. The molecule has 2 unspecified atom stereocenters. The number of nitrogens with zero attached hydrogens (tertiary/aromatic N) is 2. The third-order valence-electron chi connectivity index (χ3n) is 4.05. The summed E-state index contributed by atoms with van der Waals surface area (Å²) in [5.41, 5.74) is 3.21. The molecule has 0 radical (unpaired) electrons. The van der Waals surface area contributed by atoms with Crippen LogP contribution >= 0.6 is 0 Å². The van der Waals surface area contributed by atoms with Gasteiger partial charge < -0.3 is 10.2 Å². The summed E-state index contributed by atoms with van der Waals surface area (Å²) in [5, 5.41) is 3.32. The maximum absolute atomic E-state index is 3.32. The molecular formula is C13H25N3. The zero-order chi connectivity index (χ0) is 11.7. The first-order valence-corrected chi connectivity index (χ1v) is 6.35. The van der Waals surface area contributed by atoms with Crippen LogP contribution in [0.4, 0.5) is 0 Å². The fourth-order valence-electron chi connectivity index (χ4n) is 2.85. The highest BCUT2D eigenvalue weighted by atomic mass is 15.2. The van der Waals surface area contributed by atoms with E-state index in [0.29, 0.717) is 0 Å². The Labute approximate surface area is 99.5 Å². The van der Waals surface area contributed by atoms with Crippen molar-refractivity contribution in [2.45, 2.75) is 19.9 Å². The van der Waals surface area contributed by atoms with Crippen LogP contribution in [0.2, 0.25) is 0 Å². The van der Waals surface area contributed by atoms with Gasteiger partial charge >= 0.3 is 0 Å². The van der Waals surface area contributed by atoms with Crippen LogP contribution in [0, 0.1) is 5.92 Å². The van der Waals surface area contributed by atoms with E-state index in [4.69, 9.17) is 0 Å². The van der Waals surface area contributed by atoms with Crippen molar-refractivity contribution in [3.8, 4) is 0 Å². The Balaban J connectivity index is 1.88. The molecule has 2 rings (SSSR count). The summed E-state index contributed by atoms with van der Waals surface area (Å²) in [5.74, 6) is 0.798. The van der Waals surface area contributed by atoms with Gasteiger partial charge in [-0.2, -0.15) is 0 Å². The molecule has 2 atom stereocenters. The van der Waals surface area contributed by atoms with E-state index in [1.165, 1.54) is 19.6 Å². The molecule has 0 saturated carbocycles. The number of nitrogens with one attached hydrogen (secondary N) is 1. The van der Waals surface area contributed by atoms with Crippen molar-refractivity contribution >= 4 is 0 Å². The fraction of sp³-hybridized carbons (Fsp3) is 0.846. The maximum Gasteiger partial charge on any atom is 0.0254 e. The first kappa shape index (κ1) is 12.1. The molecule has 2 fully saturated rings. The van der Waals surface area contributed by atoms with Gasteiger partial charge in [0.25, 0.3) is 0 Å². The van der Waals surface area contributed by atoms with E-state index in [1.807, 2.05) is 0 Å². The Morgan fingerprint density at radius 3 is 2.50 bits per heavy atom. The zero-order valence-electron chi connectivity index (χ0n) is 11.1. The minimum absolute atomic E-state index is 0.734. The summed E-state index contributed by atoms with van der Waals surface area (Å²) in [6, 6.07) is 0.734. The van der Waals surface area contributed by atoms with Gasteiger partial charge in [0, 0.05) is 38.8 Å². The molecular weight excluding hydrogens is 198 g/mol. The van der Waals surface area contributed by atoms with Gasteiger partial charge in [-0.25, -0.2) is 0 Å². The largest absolute Gasteiger partial charge is 0.309 e. The van der Waals surface area contributed by atoms with Crippen LogP contribution in [0.15, 0.2) is 11.1 Å². The molecule has 0 bridgehead atoms. The molecule has 92 valence electrons. The summed E-state index contributed by atoms with van der Waals surface area (Å²) in [6.07, 6.45) is 0. The minimum Gasteiger partial charge on any atom is -0.309 e. The fourth-order valence-corrected chi connectivity index (χ4v) is 2.85. The van der Waals surface area contributed by atoms with Crippen LogP contribution in [0.25, 0.3) is 0 Å². The van der Waals surface area contributed by atoms with Gasteiger partial charge in [-0.1, -0.05) is 12.5 Å². The van der Waals surface area contributed by atoms with Gasteiger partial charge in [0.2, 0.25) is 0 Å². The second-order valence-corrected chi connectivity index (χ2v) is 5.69. The van der Waals surface area contributed by atoms with Gasteiger partial charge in [0.1, 0.15) is 0 Å². The number of hydrogen-bond acceptors (Lipinski definition) is 3. The molecule has 3 heteroatoms. The SMILES string of the molecule is CC(CN1CC(C)C(N(C)C)C1)=C1CNC1. The molecule has 0 spiro atoms. The predicted octanol–water partition coefficient (Wildman–Crippen LogP) is 0.788. The van der Waals surface area contributed by atoms with E-state index in [2.05, 4.69) is 43.1 Å². The Kier molecular flexibility index (Phi) is 3.67. The minimum atomic E-state index is 0.734. The van der Waals surface area contributed by atoms with Crippen molar-refractivity contribution in [2.24, 2.45) is 5.92 Å². The average molecular weight is 223 g/mol. The molecule has 3 nitrogen and oxygen atoms in total. The van der Waals surface area contributed by atoms with Crippen LogP contribution in [0.3, 0.4) is 0 Å². The predicted molar refractivity (Wildman–Crippen MR) is 68.6 cm³/mol. The van der Waals surface area contributed by atoms with Gasteiger partial charge in [0.15, 0.2) is 0 Å². The number of likely N-dealkylation sites (tertiary alicyclic amines) is 1. The van der Waals surface area contributed by atoms with Crippen molar-refractivity contribution in [2.75, 3.05) is 46.8 Å². The Hall–Kier alpha value is -0.380. The lowest BCUT2D eigenvalue weighted by molar-refractivity contribution is 0.255. The van der Waals surface area contributed by atoms with E-state index in [9.17, 15) is 0 Å². The van der Waals surface area contributed by atoms with Crippen LogP contribution in [0.5, 0.6) is 0 Å². The van der Waals surface area contributed by atoms with Gasteiger partial charge in [0.05, 0.1) is 0 Å². The van der Waals surface area contributed by atoms with Gasteiger partial charge in [-0.15, -0.1) is 0 Å². The second-order valence-electron chi connectivity index (χ2n) is 5.69. The summed E-state index contributed by atoms with van der Waals surface area (Å²) >= 11 is 0. The van der Waals surface area contributed by atoms with Crippen molar-refractivity contribution in [1.82, 2.24) is 15.1 Å². The Bertz CT molecular complexity index is 277. The summed E-state index contributed by atoms with van der Waals surface area (Å²) < 4.78 is 0. The number of likely N-dealkylation sites (N-methyl/N-ethyl adjacent to an activating group) is 1. The highest BCUT2D eigenvalue weighted by molar-refractivity contribution is 5.22. The highest BCUT2D eigenvalue weighted by Crippen LogP contribution is 2.21. The molecule has 1 N–H and O–H groups in total. The van der Waals surface area contributed by atoms with Gasteiger partial charge in [-0.05, 0) is 32.5 Å². The molecule has 0 aromatic heterocycles. The third kappa shape index (κ3) is 2.47. The van der Waals surface area contributed by atoms with Crippen molar-refractivity contribution in [3.05, 3.63) is 11.1 Å². The summed E-state index contributed by atoms with van der Waals surface area (Å²) in [4.78, 5) is 4.98. The lowest BCUT2D eigenvalue weighted by Crippen LogP contribution is -2.37. The summed E-state index contributed by atoms with van der Waals surface area (Å²) in [6.45, 7) is 10.6. The van der Waals surface area contributed by atoms with E-state index in [1.54, 1.807) is 11.1 Å². The Morgan fingerprint density at radius 1 is 1.38 bits per heavy atom. The van der Waals surface area contributed by atoms with Crippen LogP contribution < -0.4 is 5.32 Å². The monoisotopic (exact) mass is 223 g/mol. The molecule has 2 aliphatic heterocycles. The highest BCUT2D eigenvalue weighted by Gasteiger charge is 2.31. The normalized spacial score (nSPS) is 30.9. The van der Waals surface area contributed by atoms with Crippen LogP contribution in [-0.4, -0.2) is 62.7 Å². The zero-order valence-corrected chi connectivity index (χ0v) is 11.1. The van der Waals surface area contributed by atoms with E-state index < -0.39 is 0 Å². The number of rotatable bonds is 3. The first-order chi connectivity index (χ1) is 7.58. The first-order valence-electron chi connectivity index (χ1n) is 6.35. The molecule has 2 aliphatic rings. The lowest BCUT2D eigenvalue weighted by atomic mass is 10.0. The summed E-state index contributed by atoms with van der Waals surface area (Å²) in [7, 11) is 4.40. The lowest BCUT2D eigenvalue weighted by Gasteiger charge is -2.25. The molecule has 0 aromatic rings. The topological polar surface area (TPSA) is 18.5 Å². The molecule has 0 amide bonds. The smallest absolute Gasteiger partial charge is 0.0254 e. The maximum atomic E-state index is 3.32. The van der Waals surface area contributed by atoms with E-state index in [-0.39, 0.29) is 0 Å². The third-order valence-corrected chi connectivity index (χ3v) is 4.05. The van der Waals surface area contributed by atoms with Crippen molar-refractivity contribution < 1.29 is 0 Å². The molecule has 0 aromatic carbocycles. The van der Waals surface area contributed by atoms with Crippen molar-refractivity contribution in [3.63, 3.8) is 0 Å². The molecule has 2 saturated heterocycles. The van der Waals surface area contributed by atoms with Crippen molar-refractivity contribution in [1.29, 1.82) is 0 Å². The van der Waals surface area contributed by atoms with Gasteiger partial charge in [-0.3, -0.25) is 4.90 Å². The average Bonchev–Trinajstić information content (AvgIpc) is 2.43.